The number of hydrogen-bond acceptors (Lipinski definition) is 4. The van der Waals surface area contributed by atoms with Gasteiger partial charge in [-0.1, -0.05) is 61.4 Å². The second kappa shape index (κ2) is 13.1. The number of amides is 3. The standard InChI is InChI=1S/C31H41N3O4/c1-9-20-34(26(27(35)33-30(3,4)5)24-19-15-14-18-23(24)10-2)28(36)25(21-22-16-12-11-13-17-22)32-29(37)38-31(6,7)8/h2,11-19,25-26H,9,20-21H2,1,3-8H3,(H,32,37)(H,33,35). The van der Waals surface area contributed by atoms with Crippen molar-refractivity contribution in [2.45, 2.75) is 84.5 Å². The summed E-state index contributed by atoms with van der Waals surface area (Å²) in [6, 6.07) is 14.6. The molecule has 0 aliphatic carbocycles. The molecule has 0 radical (unpaired) electrons. The molecular formula is C31H41N3O4. The average Bonchev–Trinajstić information content (AvgIpc) is 2.81. The first-order chi connectivity index (χ1) is 17.8. The predicted molar refractivity (Wildman–Crippen MR) is 150 cm³/mol. The molecule has 0 aliphatic rings. The Balaban J connectivity index is 2.59. The van der Waals surface area contributed by atoms with E-state index in [1.165, 1.54) is 4.90 Å². The maximum Gasteiger partial charge on any atom is 0.408 e. The maximum atomic E-state index is 14.2. The summed E-state index contributed by atoms with van der Waals surface area (Å²) >= 11 is 0. The van der Waals surface area contributed by atoms with E-state index in [1.807, 2.05) is 58.0 Å². The molecule has 0 heterocycles. The zero-order chi connectivity index (χ0) is 28.5. The summed E-state index contributed by atoms with van der Waals surface area (Å²) in [5, 5.41) is 5.77. The highest BCUT2D eigenvalue weighted by Crippen LogP contribution is 2.27. The largest absolute Gasteiger partial charge is 0.444 e. The lowest BCUT2D eigenvalue weighted by atomic mass is 9.95. The molecule has 2 unspecified atom stereocenters. The molecule has 2 N–H and O–H groups in total. The van der Waals surface area contributed by atoms with Gasteiger partial charge in [-0.05, 0) is 65.2 Å². The predicted octanol–water partition coefficient (Wildman–Crippen LogP) is 5.00. The van der Waals surface area contributed by atoms with E-state index in [-0.39, 0.29) is 18.9 Å². The van der Waals surface area contributed by atoms with E-state index in [9.17, 15) is 14.4 Å². The highest BCUT2D eigenvalue weighted by Gasteiger charge is 2.37. The number of hydrogen-bond donors (Lipinski definition) is 2. The van der Waals surface area contributed by atoms with Gasteiger partial charge in [-0.15, -0.1) is 6.42 Å². The molecule has 7 heteroatoms. The van der Waals surface area contributed by atoms with Gasteiger partial charge in [0, 0.05) is 24.1 Å². The van der Waals surface area contributed by atoms with Crippen molar-refractivity contribution in [3.8, 4) is 12.3 Å². The summed E-state index contributed by atoms with van der Waals surface area (Å²) in [7, 11) is 0. The molecule has 0 fully saturated rings. The number of nitrogens with one attached hydrogen (secondary N) is 2. The molecule has 2 rings (SSSR count). The zero-order valence-corrected chi connectivity index (χ0v) is 23.6. The lowest BCUT2D eigenvalue weighted by Crippen LogP contribution is -2.55. The Bertz CT molecular complexity index is 1140. The third-order valence-corrected chi connectivity index (χ3v) is 5.49. The van der Waals surface area contributed by atoms with E-state index >= 15 is 0 Å². The molecule has 0 aliphatic heterocycles. The topological polar surface area (TPSA) is 87.7 Å². The fraction of sp³-hybridized carbons (Fsp3) is 0.452. The van der Waals surface area contributed by atoms with E-state index < -0.39 is 35.2 Å². The van der Waals surface area contributed by atoms with Gasteiger partial charge in [0.05, 0.1) is 0 Å². The van der Waals surface area contributed by atoms with Crippen molar-refractivity contribution in [1.29, 1.82) is 0 Å². The zero-order valence-electron chi connectivity index (χ0n) is 23.6. The van der Waals surface area contributed by atoms with Gasteiger partial charge in [0.2, 0.25) is 11.8 Å². The van der Waals surface area contributed by atoms with Crippen LogP contribution in [0.1, 0.15) is 77.6 Å². The highest BCUT2D eigenvalue weighted by atomic mass is 16.6. The fourth-order valence-electron chi connectivity index (χ4n) is 4.06. The van der Waals surface area contributed by atoms with Crippen molar-refractivity contribution in [3.63, 3.8) is 0 Å². The first-order valence-corrected chi connectivity index (χ1v) is 13.0. The van der Waals surface area contributed by atoms with Crippen molar-refractivity contribution in [2.24, 2.45) is 0 Å². The second-order valence-corrected chi connectivity index (χ2v) is 11.3. The van der Waals surface area contributed by atoms with Crippen molar-refractivity contribution in [1.82, 2.24) is 15.5 Å². The van der Waals surface area contributed by atoms with Gasteiger partial charge >= 0.3 is 6.09 Å². The number of alkyl carbamates (subject to hydrolysis) is 1. The van der Waals surface area contributed by atoms with E-state index in [4.69, 9.17) is 11.2 Å². The Labute approximate surface area is 227 Å². The van der Waals surface area contributed by atoms with Gasteiger partial charge in [-0.2, -0.15) is 0 Å². The van der Waals surface area contributed by atoms with Crippen molar-refractivity contribution < 1.29 is 19.1 Å². The minimum Gasteiger partial charge on any atom is -0.444 e. The molecule has 0 saturated carbocycles. The molecule has 3 amide bonds. The van der Waals surface area contributed by atoms with Gasteiger partial charge in [0.1, 0.15) is 17.7 Å². The van der Waals surface area contributed by atoms with Crippen LogP contribution in [0.3, 0.4) is 0 Å². The van der Waals surface area contributed by atoms with E-state index in [0.29, 0.717) is 17.5 Å². The Morgan fingerprint density at radius 1 is 0.974 bits per heavy atom. The van der Waals surface area contributed by atoms with Gasteiger partial charge in [0.25, 0.3) is 0 Å². The number of benzene rings is 2. The number of carbonyl (C=O) groups is 3. The number of terminal acetylenes is 1. The maximum absolute atomic E-state index is 14.2. The smallest absolute Gasteiger partial charge is 0.408 e. The second-order valence-electron chi connectivity index (χ2n) is 11.3. The average molecular weight is 520 g/mol. The van der Waals surface area contributed by atoms with Crippen LogP contribution in [0.5, 0.6) is 0 Å². The quantitative estimate of drug-likeness (QED) is 0.457. The van der Waals surface area contributed by atoms with Crippen LogP contribution in [0.15, 0.2) is 54.6 Å². The number of rotatable bonds is 9. The first kappa shape index (κ1) is 30.4. The lowest BCUT2D eigenvalue weighted by molar-refractivity contribution is -0.143. The first-order valence-electron chi connectivity index (χ1n) is 13.0. The van der Waals surface area contributed by atoms with Crippen LogP contribution >= 0.6 is 0 Å². The lowest BCUT2D eigenvalue weighted by Gasteiger charge is -2.36. The molecule has 7 nitrogen and oxygen atoms in total. The van der Waals surface area contributed by atoms with Crippen LogP contribution in [0.25, 0.3) is 0 Å². The molecule has 0 bridgehead atoms. The summed E-state index contributed by atoms with van der Waals surface area (Å²) < 4.78 is 5.46. The normalized spacial score (nSPS) is 13.0. The molecule has 0 aromatic heterocycles. The third kappa shape index (κ3) is 9.26. The summed E-state index contributed by atoms with van der Waals surface area (Å²) in [5.41, 5.74) is 0.649. The monoisotopic (exact) mass is 519 g/mol. The molecule has 204 valence electrons. The number of carbonyl (C=O) groups excluding carboxylic acids is 3. The Kier molecular flexibility index (Phi) is 10.5. The number of ether oxygens (including phenoxy) is 1. The molecule has 2 aromatic rings. The van der Waals surface area contributed by atoms with Crippen molar-refractivity contribution in [3.05, 3.63) is 71.3 Å². The number of nitrogens with zero attached hydrogens (tertiary/aromatic N) is 1. The minimum absolute atomic E-state index is 0.226. The third-order valence-electron chi connectivity index (χ3n) is 5.49. The summed E-state index contributed by atoms with van der Waals surface area (Å²) in [6.07, 6.45) is 5.91. The Morgan fingerprint density at radius 3 is 2.13 bits per heavy atom. The van der Waals surface area contributed by atoms with Crippen LogP contribution in [0.2, 0.25) is 0 Å². The van der Waals surface area contributed by atoms with E-state index in [2.05, 4.69) is 16.6 Å². The summed E-state index contributed by atoms with van der Waals surface area (Å²) in [6.45, 7) is 13.1. The van der Waals surface area contributed by atoms with Gasteiger partial charge in [-0.3, -0.25) is 9.59 Å². The van der Waals surface area contributed by atoms with Crippen molar-refractivity contribution in [2.75, 3.05) is 6.54 Å². The van der Waals surface area contributed by atoms with Crippen molar-refractivity contribution >= 4 is 17.9 Å². The van der Waals surface area contributed by atoms with Crippen LogP contribution in [0.4, 0.5) is 4.79 Å². The van der Waals surface area contributed by atoms with E-state index in [0.717, 1.165) is 5.56 Å². The molecular weight excluding hydrogens is 478 g/mol. The SMILES string of the molecule is C#Cc1ccccc1C(C(=O)NC(C)(C)C)N(CCC)C(=O)C(Cc1ccccc1)NC(=O)OC(C)(C)C. The summed E-state index contributed by atoms with van der Waals surface area (Å²) in [4.78, 5) is 42.3. The molecule has 0 saturated heterocycles. The van der Waals surface area contributed by atoms with Crippen LogP contribution in [-0.4, -0.2) is 46.5 Å². The Morgan fingerprint density at radius 2 is 1.58 bits per heavy atom. The molecule has 0 spiro atoms. The van der Waals surface area contributed by atoms with E-state index in [1.54, 1.807) is 45.0 Å². The fourth-order valence-corrected chi connectivity index (χ4v) is 4.06. The highest BCUT2D eigenvalue weighted by molar-refractivity contribution is 5.93. The van der Waals surface area contributed by atoms with Gasteiger partial charge in [0.15, 0.2) is 0 Å². The molecule has 38 heavy (non-hydrogen) atoms. The van der Waals surface area contributed by atoms with Crippen LogP contribution < -0.4 is 10.6 Å². The molecule has 2 atom stereocenters. The van der Waals surface area contributed by atoms with Crippen LogP contribution in [0, 0.1) is 12.3 Å². The Hall–Kier alpha value is -3.79. The van der Waals surface area contributed by atoms with Gasteiger partial charge in [-0.25, -0.2) is 4.79 Å². The minimum atomic E-state index is -0.993. The van der Waals surface area contributed by atoms with Crippen LogP contribution in [-0.2, 0) is 20.7 Å². The summed E-state index contributed by atoms with van der Waals surface area (Å²) in [5.74, 6) is 1.90. The molecule has 2 aromatic carbocycles. The van der Waals surface area contributed by atoms with Gasteiger partial charge < -0.3 is 20.3 Å².